The second-order valence-electron chi connectivity index (χ2n) is 3.91. The van der Waals surface area contributed by atoms with Crippen LogP contribution < -0.4 is 0 Å². The topological polar surface area (TPSA) is 40.9 Å². The summed E-state index contributed by atoms with van der Waals surface area (Å²) in [6.07, 6.45) is 1.18. The molecule has 1 aromatic rings. The van der Waals surface area contributed by atoms with Crippen molar-refractivity contribution in [1.29, 1.82) is 5.26 Å². The van der Waals surface area contributed by atoms with Crippen molar-refractivity contribution >= 4 is 10.8 Å². The molecule has 0 radical (unpaired) electrons. The molecule has 0 aliphatic carbocycles. The average molecular weight is 235 g/mol. The van der Waals surface area contributed by atoms with E-state index < -0.39 is 10.8 Å². The second-order valence-corrected chi connectivity index (χ2v) is 5.62. The summed E-state index contributed by atoms with van der Waals surface area (Å²) >= 11 is 0. The lowest BCUT2D eigenvalue weighted by atomic mass is 10.2. The van der Waals surface area contributed by atoms with E-state index in [4.69, 9.17) is 5.26 Å². The van der Waals surface area contributed by atoms with Crippen LogP contribution in [0.2, 0.25) is 0 Å². The minimum absolute atomic E-state index is 0.00510. The number of benzene rings is 1. The van der Waals surface area contributed by atoms with Crippen molar-refractivity contribution in [1.82, 2.24) is 0 Å². The molecule has 2 unspecified atom stereocenters. The SMILES string of the molecule is CCC(CC#N)S(=O)Cc1cccc(C)c1. The monoisotopic (exact) mass is 235 g/mol. The van der Waals surface area contributed by atoms with E-state index in [1.807, 2.05) is 32.0 Å². The predicted molar refractivity (Wildman–Crippen MR) is 67.3 cm³/mol. The van der Waals surface area contributed by atoms with Crippen LogP contribution in [0, 0.1) is 18.3 Å². The molecule has 0 saturated heterocycles. The fraction of sp³-hybridized carbons (Fsp3) is 0.462. The van der Waals surface area contributed by atoms with Gasteiger partial charge in [0.25, 0.3) is 0 Å². The Balaban J connectivity index is 2.67. The highest BCUT2D eigenvalue weighted by Crippen LogP contribution is 2.13. The summed E-state index contributed by atoms with van der Waals surface area (Å²) in [7, 11) is -0.939. The smallest absolute Gasteiger partial charge is 0.0634 e. The molecule has 1 aromatic carbocycles. The molecular formula is C13H17NOS. The van der Waals surface area contributed by atoms with Crippen LogP contribution in [0.3, 0.4) is 0 Å². The van der Waals surface area contributed by atoms with E-state index >= 15 is 0 Å². The van der Waals surface area contributed by atoms with E-state index in [2.05, 4.69) is 12.1 Å². The summed E-state index contributed by atoms with van der Waals surface area (Å²) in [4.78, 5) is 0. The molecule has 3 heteroatoms. The molecule has 16 heavy (non-hydrogen) atoms. The van der Waals surface area contributed by atoms with Crippen LogP contribution in [-0.2, 0) is 16.6 Å². The van der Waals surface area contributed by atoms with Crippen LogP contribution >= 0.6 is 0 Å². The molecular weight excluding hydrogens is 218 g/mol. The lowest BCUT2D eigenvalue weighted by molar-refractivity contribution is 0.664. The van der Waals surface area contributed by atoms with Crippen molar-refractivity contribution in [3.05, 3.63) is 35.4 Å². The van der Waals surface area contributed by atoms with E-state index in [0.29, 0.717) is 12.2 Å². The zero-order valence-corrected chi connectivity index (χ0v) is 10.6. The summed E-state index contributed by atoms with van der Waals surface area (Å²) in [5.41, 5.74) is 2.28. The second kappa shape index (κ2) is 6.44. The lowest BCUT2D eigenvalue weighted by Crippen LogP contribution is -2.15. The first-order valence-corrected chi connectivity index (χ1v) is 6.85. The highest BCUT2D eigenvalue weighted by atomic mass is 32.2. The Morgan fingerprint density at radius 3 is 2.81 bits per heavy atom. The molecule has 2 nitrogen and oxygen atoms in total. The van der Waals surface area contributed by atoms with E-state index in [1.54, 1.807) is 0 Å². The highest BCUT2D eigenvalue weighted by Gasteiger charge is 2.14. The molecule has 0 aliphatic heterocycles. The first kappa shape index (κ1) is 12.9. The van der Waals surface area contributed by atoms with Crippen molar-refractivity contribution in [3.63, 3.8) is 0 Å². The maximum absolute atomic E-state index is 12.0. The van der Waals surface area contributed by atoms with E-state index in [-0.39, 0.29) is 5.25 Å². The van der Waals surface area contributed by atoms with Gasteiger partial charge in [-0.25, -0.2) is 0 Å². The van der Waals surface area contributed by atoms with Crippen LogP contribution in [-0.4, -0.2) is 9.46 Å². The minimum atomic E-state index is -0.939. The fourth-order valence-electron chi connectivity index (χ4n) is 1.61. The van der Waals surface area contributed by atoms with Crippen molar-refractivity contribution in [2.75, 3.05) is 0 Å². The molecule has 0 saturated carbocycles. The molecule has 0 fully saturated rings. The van der Waals surface area contributed by atoms with Gasteiger partial charge in [-0.2, -0.15) is 5.26 Å². The van der Waals surface area contributed by atoms with Crippen molar-refractivity contribution in [2.45, 2.75) is 37.7 Å². The Morgan fingerprint density at radius 2 is 2.25 bits per heavy atom. The first-order valence-electron chi connectivity index (χ1n) is 5.47. The van der Waals surface area contributed by atoms with Crippen molar-refractivity contribution in [3.8, 4) is 6.07 Å². The Kier molecular flexibility index (Phi) is 5.21. The van der Waals surface area contributed by atoms with Gasteiger partial charge in [0, 0.05) is 28.2 Å². The normalized spacial score (nSPS) is 14.1. The zero-order chi connectivity index (χ0) is 12.0. The maximum atomic E-state index is 12.0. The quantitative estimate of drug-likeness (QED) is 0.787. The molecule has 86 valence electrons. The van der Waals surface area contributed by atoms with E-state index in [9.17, 15) is 4.21 Å². The molecule has 0 bridgehead atoms. The van der Waals surface area contributed by atoms with Gasteiger partial charge in [0.15, 0.2) is 0 Å². The summed E-state index contributed by atoms with van der Waals surface area (Å²) in [6, 6.07) is 10.2. The Hall–Kier alpha value is -1.14. The maximum Gasteiger partial charge on any atom is 0.0634 e. The van der Waals surface area contributed by atoms with E-state index in [0.717, 1.165) is 12.0 Å². The van der Waals surface area contributed by atoms with Gasteiger partial charge in [0.2, 0.25) is 0 Å². The summed E-state index contributed by atoms with van der Waals surface area (Å²) in [5, 5.41) is 8.65. The number of rotatable bonds is 5. The van der Waals surface area contributed by atoms with Crippen LogP contribution in [0.4, 0.5) is 0 Å². The fourth-order valence-corrected chi connectivity index (χ4v) is 2.99. The largest absolute Gasteiger partial charge is 0.259 e. The molecule has 0 N–H and O–H groups in total. The molecule has 0 aliphatic rings. The van der Waals surface area contributed by atoms with Gasteiger partial charge in [-0.15, -0.1) is 0 Å². The van der Waals surface area contributed by atoms with Crippen molar-refractivity contribution in [2.24, 2.45) is 0 Å². The van der Waals surface area contributed by atoms with Gasteiger partial charge in [0.1, 0.15) is 0 Å². The summed E-state index contributed by atoms with van der Waals surface area (Å²) in [6.45, 7) is 4.01. The van der Waals surface area contributed by atoms with Gasteiger partial charge in [-0.05, 0) is 18.9 Å². The number of aryl methyl sites for hydroxylation is 1. The van der Waals surface area contributed by atoms with Gasteiger partial charge in [0.05, 0.1) is 6.07 Å². The van der Waals surface area contributed by atoms with Gasteiger partial charge in [-0.1, -0.05) is 36.8 Å². The molecule has 2 atom stereocenters. The lowest BCUT2D eigenvalue weighted by Gasteiger charge is -2.11. The van der Waals surface area contributed by atoms with Crippen LogP contribution in [0.5, 0.6) is 0 Å². The number of nitrogens with zero attached hydrogens (tertiary/aromatic N) is 1. The van der Waals surface area contributed by atoms with Gasteiger partial charge < -0.3 is 0 Å². The van der Waals surface area contributed by atoms with Crippen LogP contribution in [0.15, 0.2) is 24.3 Å². The number of hydrogen-bond donors (Lipinski definition) is 0. The molecule has 0 heterocycles. The van der Waals surface area contributed by atoms with Crippen molar-refractivity contribution < 1.29 is 4.21 Å². The first-order chi connectivity index (χ1) is 7.67. The predicted octanol–water partition coefficient (Wildman–Crippen LogP) is 2.94. The molecule has 0 spiro atoms. The Labute approximate surface area is 99.8 Å². The highest BCUT2D eigenvalue weighted by molar-refractivity contribution is 7.84. The summed E-state index contributed by atoms with van der Waals surface area (Å²) < 4.78 is 12.0. The Bertz CT molecular complexity index is 409. The summed E-state index contributed by atoms with van der Waals surface area (Å²) in [5.74, 6) is 0.557. The van der Waals surface area contributed by atoms with Crippen LogP contribution in [0.1, 0.15) is 30.9 Å². The van der Waals surface area contributed by atoms with Gasteiger partial charge >= 0.3 is 0 Å². The molecule has 0 amide bonds. The molecule has 1 rings (SSSR count). The Morgan fingerprint density at radius 1 is 1.50 bits per heavy atom. The third-order valence-corrected chi connectivity index (χ3v) is 4.40. The zero-order valence-electron chi connectivity index (χ0n) is 9.77. The van der Waals surface area contributed by atoms with E-state index in [1.165, 1.54) is 5.56 Å². The third-order valence-electron chi connectivity index (χ3n) is 2.54. The molecule has 0 aromatic heterocycles. The number of hydrogen-bond acceptors (Lipinski definition) is 2. The van der Waals surface area contributed by atoms with Crippen LogP contribution in [0.25, 0.3) is 0 Å². The third kappa shape index (κ3) is 3.79. The number of nitriles is 1. The minimum Gasteiger partial charge on any atom is -0.259 e. The standard InChI is InChI=1S/C13H17NOS/c1-3-13(7-8-14)16(15)10-12-6-4-5-11(2)9-12/h4-6,9,13H,3,7,10H2,1-2H3. The van der Waals surface area contributed by atoms with Gasteiger partial charge in [-0.3, -0.25) is 4.21 Å². The average Bonchev–Trinajstić information content (AvgIpc) is 2.25.